The van der Waals surface area contributed by atoms with E-state index < -0.39 is 11.6 Å². The van der Waals surface area contributed by atoms with Crippen molar-refractivity contribution < 1.29 is 13.2 Å². The average Bonchev–Trinajstić information content (AvgIpc) is 2.52. The van der Waals surface area contributed by atoms with Crippen molar-refractivity contribution in [2.24, 2.45) is 0 Å². The molecule has 0 aliphatic carbocycles. The topological polar surface area (TPSA) is 0 Å². The minimum Gasteiger partial charge on any atom is -0.207 e. The van der Waals surface area contributed by atoms with Gasteiger partial charge in [0.1, 0.15) is 17.5 Å². The molecule has 3 heteroatoms. The third kappa shape index (κ3) is 4.01. The molecule has 0 aromatic heterocycles. The summed E-state index contributed by atoms with van der Waals surface area (Å²) in [6.07, 6.45) is 3.76. The SMILES string of the molecule is C=C/C(F)=C\C=C(/C)c1ccc(-c2ccc(C)cc2F)cc1F. The zero-order valence-corrected chi connectivity index (χ0v) is 13.0. The molecule has 2 aromatic carbocycles. The first kappa shape index (κ1) is 16.8. The molecule has 0 nitrogen and oxygen atoms in total. The summed E-state index contributed by atoms with van der Waals surface area (Å²) in [4.78, 5) is 0. The van der Waals surface area contributed by atoms with E-state index in [1.807, 2.05) is 0 Å². The number of rotatable bonds is 4. The molecule has 0 unspecified atom stereocenters. The molecule has 0 fully saturated rings. The maximum absolute atomic E-state index is 14.3. The zero-order chi connectivity index (χ0) is 17.0. The van der Waals surface area contributed by atoms with E-state index in [9.17, 15) is 13.2 Å². The highest BCUT2D eigenvalue weighted by Crippen LogP contribution is 2.27. The minimum atomic E-state index is -0.497. The maximum Gasteiger partial charge on any atom is 0.131 e. The van der Waals surface area contributed by atoms with E-state index in [4.69, 9.17) is 0 Å². The highest BCUT2D eigenvalue weighted by Gasteiger charge is 2.10. The fraction of sp³-hybridized carbons (Fsp3) is 0.100. The van der Waals surface area contributed by atoms with Crippen LogP contribution in [-0.2, 0) is 0 Å². The molecule has 0 spiro atoms. The van der Waals surface area contributed by atoms with Crippen LogP contribution in [0.3, 0.4) is 0 Å². The van der Waals surface area contributed by atoms with E-state index in [0.29, 0.717) is 22.3 Å². The highest BCUT2D eigenvalue weighted by molar-refractivity contribution is 5.71. The van der Waals surface area contributed by atoms with Crippen LogP contribution in [0.4, 0.5) is 13.2 Å². The second-order valence-electron chi connectivity index (χ2n) is 5.28. The van der Waals surface area contributed by atoms with Gasteiger partial charge in [0.05, 0.1) is 0 Å². The van der Waals surface area contributed by atoms with Crippen LogP contribution < -0.4 is 0 Å². The van der Waals surface area contributed by atoms with Gasteiger partial charge in [-0.3, -0.25) is 0 Å². The van der Waals surface area contributed by atoms with Gasteiger partial charge < -0.3 is 0 Å². The Labute approximate surface area is 134 Å². The smallest absolute Gasteiger partial charge is 0.131 e. The molecular formula is C20H17F3. The Morgan fingerprint density at radius 2 is 1.74 bits per heavy atom. The van der Waals surface area contributed by atoms with Gasteiger partial charge in [0.2, 0.25) is 0 Å². The molecule has 0 radical (unpaired) electrons. The van der Waals surface area contributed by atoms with Crippen LogP contribution in [-0.4, -0.2) is 0 Å². The fourth-order valence-corrected chi connectivity index (χ4v) is 2.22. The number of allylic oxidation sites excluding steroid dienone is 5. The van der Waals surface area contributed by atoms with Gasteiger partial charge in [-0.2, -0.15) is 0 Å². The minimum absolute atomic E-state index is 0.342. The van der Waals surface area contributed by atoms with E-state index >= 15 is 0 Å². The van der Waals surface area contributed by atoms with Crippen molar-refractivity contribution in [2.45, 2.75) is 13.8 Å². The van der Waals surface area contributed by atoms with Crippen molar-refractivity contribution >= 4 is 5.57 Å². The van der Waals surface area contributed by atoms with Gasteiger partial charge in [0.15, 0.2) is 0 Å². The Morgan fingerprint density at radius 3 is 2.35 bits per heavy atom. The molecule has 2 rings (SSSR count). The van der Waals surface area contributed by atoms with Gasteiger partial charge in [-0.25, -0.2) is 13.2 Å². The normalized spacial score (nSPS) is 12.4. The summed E-state index contributed by atoms with van der Waals surface area (Å²) in [5, 5.41) is 0. The Morgan fingerprint density at radius 1 is 1.00 bits per heavy atom. The van der Waals surface area contributed by atoms with Crippen molar-refractivity contribution in [3.8, 4) is 11.1 Å². The molecule has 0 heterocycles. The molecule has 0 saturated carbocycles. The van der Waals surface area contributed by atoms with Gasteiger partial charge in [-0.15, -0.1) is 0 Å². The number of aryl methyl sites for hydroxylation is 1. The number of halogens is 3. The molecular weight excluding hydrogens is 297 g/mol. The molecule has 0 atom stereocenters. The number of benzene rings is 2. The standard InChI is InChI=1S/C20H17F3/c1-4-16(21)8-6-14(3)17-10-7-15(12-20(17)23)18-9-5-13(2)11-19(18)22/h4-12H,1H2,2-3H3/b14-6+,16-8+. The summed E-state index contributed by atoms with van der Waals surface area (Å²) in [6.45, 7) is 6.78. The van der Waals surface area contributed by atoms with Gasteiger partial charge in [0.25, 0.3) is 0 Å². The van der Waals surface area contributed by atoms with Gasteiger partial charge in [0, 0.05) is 11.1 Å². The first-order chi connectivity index (χ1) is 10.9. The fourth-order valence-electron chi connectivity index (χ4n) is 2.22. The first-order valence-corrected chi connectivity index (χ1v) is 7.15. The Bertz CT molecular complexity index is 799. The predicted octanol–water partition coefficient (Wildman–Crippen LogP) is 6.38. The summed E-state index contributed by atoms with van der Waals surface area (Å²) >= 11 is 0. The molecule has 2 aromatic rings. The Hall–Kier alpha value is -2.55. The third-order valence-corrected chi connectivity index (χ3v) is 3.52. The van der Waals surface area contributed by atoms with Crippen LogP contribution in [0.5, 0.6) is 0 Å². The summed E-state index contributed by atoms with van der Waals surface area (Å²) in [5.74, 6) is -1.37. The van der Waals surface area contributed by atoms with Crippen LogP contribution in [0.25, 0.3) is 16.7 Å². The quantitative estimate of drug-likeness (QED) is 0.574. The largest absolute Gasteiger partial charge is 0.207 e. The molecule has 0 N–H and O–H groups in total. The second kappa shape index (κ2) is 7.14. The van der Waals surface area contributed by atoms with Crippen molar-refractivity contribution in [3.05, 3.63) is 89.8 Å². The van der Waals surface area contributed by atoms with E-state index in [1.54, 1.807) is 38.1 Å². The average molecular weight is 314 g/mol. The lowest BCUT2D eigenvalue weighted by Crippen LogP contribution is -1.91. The van der Waals surface area contributed by atoms with E-state index in [-0.39, 0.29) is 5.82 Å². The van der Waals surface area contributed by atoms with Crippen molar-refractivity contribution in [1.29, 1.82) is 0 Å². The van der Waals surface area contributed by atoms with E-state index in [0.717, 1.165) is 11.6 Å². The lowest BCUT2D eigenvalue weighted by molar-refractivity contribution is 0.621. The number of hydrogen-bond acceptors (Lipinski definition) is 0. The van der Waals surface area contributed by atoms with Gasteiger partial charge in [-0.1, -0.05) is 36.9 Å². The maximum atomic E-state index is 14.3. The molecule has 0 saturated heterocycles. The second-order valence-corrected chi connectivity index (χ2v) is 5.28. The van der Waals surface area contributed by atoms with Crippen LogP contribution in [0.2, 0.25) is 0 Å². The monoisotopic (exact) mass is 314 g/mol. The van der Waals surface area contributed by atoms with Crippen LogP contribution in [0.1, 0.15) is 18.1 Å². The molecule has 0 aliphatic rings. The van der Waals surface area contributed by atoms with Crippen molar-refractivity contribution in [3.63, 3.8) is 0 Å². The van der Waals surface area contributed by atoms with Crippen molar-refractivity contribution in [2.75, 3.05) is 0 Å². The zero-order valence-electron chi connectivity index (χ0n) is 13.0. The highest BCUT2D eigenvalue weighted by atomic mass is 19.1. The molecule has 118 valence electrons. The van der Waals surface area contributed by atoms with Crippen molar-refractivity contribution in [1.82, 2.24) is 0 Å². The molecule has 0 aliphatic heterocycles. The Balaban J connectivity index is 2.40. The summed E-state index contributed by atoms with van der Waals surface area (Å²) < 4.78 is 41.3. The van der Waals surface area contributed by atoms with Crippen LogP contribution in [0.15, 0.2) is 67.0 Å². The predicted molar refractivity (Wildman–Crippen MR) is 89.6 cm³/mol. The number of hydrogen-bond donors (Lipinski definition) is 0. The Kier molecular flexibility index (Phi) is 5.22. The lowest BCUT2D eigenvalue weighted by Gasteiger charge is -2.08. The molecule has 0 amide bonds. The van der Waals surface area contributed by atoms with Gasteiger partial charge >= 0.3 is 0 Å². The molecule has 0 bridgehead atoms. The summed E-state index contributed by atoms with van der Waals surface area (Å²) in [7, 11) is 0. The van der Waals surface area contributed by atoms with Crippen LogP contribution >= 0.6 is 0 Å². The summed E-state index contributed by atoms with van der Waals surface area (Å²) in [6, 6.07) is 9.32. The summed E-state index contributed by atoms with van der Waals surface area (Å²) in [5.41, 5.74) is 2.52. The van der Waals surface area contributed by atoms with E-state index in [2.05, 4.69) is 6.58 Å². The lowest BCUT2D eigenvalue weighted by atomic mass is 9.99. The third-order valence-electron chi connectivity index (χ3n) is 3.52. The van der Waals surface area contributed by atoms with Gasteiger partial charge in [-0.05, 0) is 54.8 Å². The van der Waals surface area contributed by atoms with Crippen LogP contribution in [0, 0.1) is 18.6 Å². The van der Waals surface area contributed by atoms with E-state index in [1.165, 1.54) is 24.3 Å². The first-order valence-electron chi connectivity index (χ1n) is 7.15. The molecule has 23 heavy (non-hydrogen) atoms.